The number of hydrogen-bond donors (Lipinski definition) is 2. The fourth-order valence-electron chi connectivity index (χ4n) is 4.63. The Kier molecular flexibility index (Phi) is 6.91. The minimum Gasteiger partial charge on any atom is -0.467 e. The van der Waals surface area contributed by atoms with E-state index in [0.29, 0.717) is 18.8 Å². The first-order valence-electron chi connectivity index (χ1n) is 11.1. The second-order valence-electron chi connectivity index (χ2n) is 8.92. The summed E-state index contributed by atoms with van der Waals surface area (Å²) in [5, 5.41) is 3.22. The maximum Gasteiger partial charge on any atom is 0.258 e. The maximum atomic E-state index is 14.4. The topological polar surface area (TPSA) is 93.4 Å². The van der Waals surface area contributed by atoms with Crippen LogP contribution in [0.4, 0.5) is 14.6 Å². The molecule has 1 fully saturated rings. The molecule has 1 unspecified atom stereocenters. The normalized spacial score (nSPS) is 21.0. The maximum absolute atomic E-state index is 14.4. The molecule has 0 radical (unpaired) electrons. The first-order chi connectivity index (χ1) is 16.6. The molecule has 0 aliphatic carbocycles. The predicted octanol–water partition coefficient (Wildman–Crippen LogP) is 4.46. The predicted molar refractivity (Wildman–Crippen MR) is 130 cm³/mol. The standard InChI is InChI=1S/C25H26ClF2N5O2/c1-14-11-33(13-34)12-25(3,32-14)17-7-5-4-6-16(17)20-10-30-23(29)24(31-20)35-15(2)21-18(27)8-9-19(28)22(21)26/h4-10,13-15,32H,11-12H2,1-3H3,(H2,29,30)/t14-,15?,25-/m0/s1. The molecule has 7 nitrogen and oxygen atoms in total. The first kappa shape index (κ1) is 24.8. The number of carbonyl (C=O) groups is 1. The minimum atomic E-state index is -0.986. The van der Waals surface area contributed by atoms with E-state index in [9.17, 15) is 13.6 Å². The zero-order valence-corrected chi connectivity index (χ0v) is 20.3. The Morgan fingerprint density at radius 2 is 2.00 bits per heavy atom. The lowest BCUT2D eigenvalue weighted by Gasteiger charge is -2.44. The highest BCUT2D eigenvalue weighted by Gasteiger charge is 2.37. The molecule has 1 aliphatic rings. The molecule has 2 aromatic carbocycles. The van der Waals surface area contributed by atoms with Gasteiger partial charge in [-0.2, -0.15) is 0 Å². The van der Waals surface area contributed by atoms with Crippen molar-refractivity contribution in [3.8, 4) is 17.1 Å². The van der Waals surface area contributed by atoms with Gasteiger partial charge in [-0.05, 0) is 38.5 Å². The van der Waals surface area contributed by atoms with Gasteiger partial charge in [-0.1, -0.05) is 35.9 Å². The van der Waals surface area contributed by atoms with E-state index < -0.39 is 23.3 Å². The van der Waals surface area contributed by atoms with E-state index in [4.69, 9.17) is 22.1 Å². The van der Waals surface area contributed by atoms with Crippen molar-refractivity contribution in [1.29, 1.82) is 0 Å². The largest absolute Gasteiger partial charge is 0.467 e. The number of nitrogens with one attached hydrogen (secondary N) is 1. The average Bonchev–Trinajstić information content (AvgIpc) is 2.82. The van der Waals surface area contributed by atoms with Gasteiger partial charge in [0.15, 0.2) is 5.82 Å². The lowest BCUT2D eigenvalue weighted by Crippen LogP contribution is -2.60. The number of nitrogens with zero attached hydrogens (tertiary/aromatic N) is 3. The number of ether oxygens (including phenoxy) is 1. The van der Waals surface area contributed by atoms with Crippen molar-refractivity contribution >= 4 is 23.8 Å². The van der Waals surface area contributed by atoms with Gasteiger partial charge in [-0.15, -0.1) is 0 Å². The van der Waals surface area contributed by atoms with Gasteiger partial charge in [0.25, 0.3) is 5.88 Å². The van der Waals surface area contributed by atoms with Crippen molar-refractivity contribution in [2.24, 2.45) is 0 Å². The number of rotatable bonds is 6. The van der Waals surface area contributed by atoms with Crippen LogP contribution in [0.15, 0.2) is 42.6 Å². The molecule has 35 heavy (non-hydrogen) atoms. The molecule has 3 atom stereocenters. The summed E-state index contributed by atoms with van der Waals surface area (Å²) in [7, 11) is 0. The lowest BCUT2D eigenvalue weighted by molar-refractivity contribution is -0.120. The van der Waals surface area contributed by atoms with Gasteiger partial charge in [0, 0.05) is 30.3 Å². The minimum absolute atomic E-state index is 0.00577. The van der Waals surface area contributed by atoms with Gasteiger partial charge in [-0.3, -0.25) is 4.79 Å². The van der Waals surface area contributed by atoms with Crippen molar-refractivity contribution < 1.29 is 18.3 Å². The fraction of sp³-hybridized carbons (Fsp3) is 0.320. The number of hydrogen-bond acceptors (Lipinski definition) is 6. The number of anilines is 1. The fourth-order valence-corrected chi connectivity index (χ4v) is 4.94. The first-order valence-corrected chi connectivity index (χ1v) is 11.5. The number of nitrogen functional groups attached to an aromatic ring is 1. The summed E-state index contributed by atoms with van der Waals surface area (Å²) in [4.78, 5) is 22.0. The van der Waals surface area contributed by atoms with Crippen LogP contribution in [0, 0.1) is 11.6 Å². The number of amides is 1. The van der Waals surface area contributed by atoms with Gasteiger partial charge in [0.1, 0.15) is 17.7 Å². The van der Waals surface area contributed by atoms with E-state index in [1.165, 1.54) is 13.1 Å². The van der Waals surface area contributed by atoms with Gasteiger partial charge >= 0.3 is 0 Å². The van der Waals surface area contributed by atoms with E-state index in [2.05, 4.69) is 15.3 Å². The quantitative estimate of drug-likeness (QED) is 0.382. The van der Waals surface area contributed by atoms with Crippen LogP contribution in [-0.2, 0) is 10.3 Å². The third-order valence-electron chi connectivity index (χ3n) is 6.08. The third-order valence-corrected chi connectivity index (χ3v) is 6.46. The Morgan fingerprint density at radius 3 is 2.74 bits per heavy atom. The molecule has 1 aliphatic heterocycles. The number of carbonyl (C=O) groups excluding carboxylic acids is 1. The molecule has 2 heterocycles. The zero-order valence-electron chi connectivity index (χ0n) is 19.6. The van der Waals surface area contributed by atoms with Crippen molar-refractivity contribution in [2.45, 2.75) is 38.5 Å². The van der Waals surface area contributed by atoms with Crippen molar-refractivity contribution in [3.63, 3.8) is 0 Å². The monoisotopic (exact) mass is 501 g/mol. The van der Waals surface area contributed by atoms with Gasteiger partial charge in [-0.25, -0.2) is 18.7 Å². The number of aromatic nitrogens is 2. The van der Waals surface area contributed by atoms with Crippen LogP contribution in [0.3, 0.4) is 0 Å². The van der Waals surface area contributed by atoms with Crippen LogP contribution in [0.25, 0.3) is 11.3 Å². The Morgan fingerprint density at radius 1 is 1.29 bits per heavy atom. The number of piperazine rings is 1. The molecule has 1 amide bonds. The molecule has 0 spiro atoms. The van der Waals surface area contributed by atoms with Gasteiger partial charge in [0.05, 0.1) is 22.5 Å². The molecule has 3 aromatic rings. The van der Waals surface area contributed by atoms with E-state index in [1.54, 1.807) is 4.90 Å². The van der Waals surface area contributed by atoms with Crippen molar-refractivity contribution in [1.82, 2.24) is 20.2 Å². The molecule has 184 valence electrons. The highest BCUT2D eigenvalue weighted by atomic mass is 35.5. The summed E-state index contributed by atoms with van der Waals surface area (Å²) in [6, 6.07) is 9.65. The molecule has 10 heteroatoms. The Balaban J connectivity index is 1.71. The lowest BCUT2D eigenvalue weighted by atomic mass is 9.84. The van der Waals surface area contributed by atoms with Crippen LogP contribution in [-0.4, -0.2) is 40.4 Å². The number of halogens is 3. The van der Waals surface area contributed by atoms with Crippen molar-refractivity contribution in [2.75, 3.05) is 18.8 Å². The number of nitrogens with two attached hydrogens (primary N) is 1. The third kappa shape index (κ3) is 4.92. The van der Waals surface area contributed by atoms with E-state index in [0.717, 1.165) is 29.7 Å². The SMILES string of the molecule is CC(Oc1nc(-c2ccccc2[C@]2(C)CN(C=O)C[C@H](C)N2)cnc1N)c1c(F)ccc(F)c1Cl. The highest BCUT2D eigenvalue weighted by Crippen LogP contribution is 2.36. The Bertz CT molecular complexity index is 1260. The second-order valence-corrected chi connectivity index (χ2v) is 9.30. The molecule has 3 N–H and O–H groups in total. The van der Waals surface area contributed by atoms with Gasteiger partial charge in [0.2, 0.25) is 6.41 Å². The van der Waals surface area contributed by atoms with E-state index in [1.807, 2.05) is 38.1 Å². The molecular formula is C25H26ClF2N5O2. The summed E-state index contributed by atoms with van der Waals surface area (Å²) >= 11 is 5.99. The van der Waals surface area contributed by atoms with Gasteiger partial charge < -0.3 is 20.7 Å². The molecule has 0 bridgehead atoms. The Labute approximate surface area is 207 Å². The second kappa shape index (κ2) is 9.75. The molecule has 1 saturated heterocycles. The number of benzene rings is 2. The molecule has 1 aromatic heterocycles. The summed E-state index contributed by atoms with van der Waals surface area (Å²) in [6.07, 6.45) is 1.39. The van der Waals surface area contributed by atoms with Crippen LogP contribution < -0.4 is 15.8 Å². The van der Waals surface area contributed by atoms with Crippen LogP contribution in [0.1, 0.15) is 38.0 Å². The summed E-state index contributed by atoms with van der Waals surface area (Å²) in [5.74, 6) is -1.50. The summed E-state index contributed by atoms with van der Waals surface area (Å²) in [6.45, 7) is 6.64. The molecular weight excluding hydrogens is 476 g/mol. The zero-order chi connectivity index (χ0) is 25.3. The van der Waals surface area contributed by atoms with Crippen LogP contribution >= 0.6 is 11.6 Å². The molecule has 0 saturated carbocycles. The molecule has 4 rings (SSSR count). The summed E-state index contributed by atoms with van der Waals surface area (Å²) in [5.41, 5.74) is 7.47. The van der Waals surface area contributed by atoms with Crippen molar-refractivity contribution in [3.05, 3.63) is 70.4 Å². The summed E-state index contributed by atoms with van der Waals surface area (Å²) < 4.78 is 34.1. The average molecular weight is 502 g/mol. The van der Waals surface area contributed by atoms with Crippen LogP contribution in [0.2, 0.25) is 5.02 Å². The Hall–Kier alpha value is -3.30. The van der Waals surface area contributed by atoms with Crippen LogP contribution in [0.5, 0.6) is 5.88 Å². The van der Waals surface area contributed by atoms with E-state index in [-0.39, 0.29) is 28.3 Å². The smallest absolute Gasteiger partial charge is 0.258 e. The highest BCUT2D eigenvalue weighted by molar-refractivity contribution is 6.31. The van der Waals surface area contributed by atoms with E-state index >= 15 is 0 Å².